The molecule has 0 bridgehead atoms. The van der Waals surface area contributed by atoms with Gasteiger partial charge in [0.25, 0.3) is 0 Å². The summed E-state index contributed by atoms with van der Waals surface area (Å²) in [5, 5.41) is 0. The van der Waals surface area contributed by atoms with Crippen molar-refractivity contribution in [2.24, 2.45) is 0 Å². The summed E-state index contributed by atoms with van der Waals surface area (Å²) < 4.78 is 13.3. The van der Waals surface area contributed by atoms with E-state index >= 15 is 0 Å². The largest absolute Gasteiger partial charge is 0.368 e. The Kier molecular flexibility index (Phi) is 3.81. The highest BCUT2D eigenvalue weighted by Gasteiger charge is 2.23. The van der Waals surface area contributed by atoms with E-state index in [0.29, 0.717) is 0 Å². The second kappa shape index (κ2) is 6.10. The van der Waals surface area contributed by atoms with Gasteiger partial charge in [0.15, 0.2) is 0 Å². The summed E-state index contributed by atoms with van der Waals surface area (Å²) in [5.41, 5.74) is 3.46. The monoisotopic (exact) mass is 313 g/mol. The van der Waals surface area contributed by atoms with Crippen LogP contribution in [0.25, 0.3) is 0 Å². The quantitative estimate of drug-likeness (QED) is 0.796. The Labute approximate surface area is 135 Å². The summed E-state index contributed by atoms with van der Waals surface area (Å²) in [4.78, 5) is 17.2. The maximum absolute atomic E-state index is 13.3. The number of rotatable bonds is 2. The van der Waals surface area contributed by atoms with Gasteiger partial charge in [0, 0.05) is 55.4 Å². The number of halogens is 1. The second-order valence-corrected chi connectivity index (χ2v) is 6.14. The van der Waals surface area contributed by atoms with Crippen molar-refractivity contribution in [1.82, 2.24) is 15.0 Å². The van der Waals surface area contributed by atoms with Gasteiger partial charge in [-0.15, -0.1) is 0 Å². The topological polar surface area (TPSA) is 45.2 Å². The average Bonchev–Trinajstić information content (AvgIpc) is 2.61. The Balaban J connectivity index is 1.50. The van der Waals surface area contributed by atoms with Gasteiger partial charge in [0.1, 0.15) is 12.1 Å². The Morgan fingerprint density at radius 1 is 0.913 bits per heavy atom. The van der Waals surface area contributed by atoms with E-state index in [4.69, 9.17) is 0 Å². The van der Waals surface area contributed by atoms with Crippen LogP contribution in [-0.2, 0) is 12.8 Å². The van der Waals surface area contributed by atoms with Crippen molar-refractivity contribution in [3.63, 3.8) is 0 Å². The van der Waals surface area contributed by atoms with Crippen LogP contribution in [0.5, 0.6) is 0 Å². The van der Waals surface area contributed by atoms with Gasteiger partial charge >= 0.3 is 0 Å². The van der Waals surface area contributed by atoms with Crippen LogP contribution in [0.15, 0.2) is 24.7 Å². The van der Waals surface area contributed by atoms with Crippen molar-refractivity contribution in [3.05, 3.63) is 41.9 Å². The number of hydrogen-bond donors (Lipinski definition) is 0. The third-order valence-corrected chi connectivity index (χ3v) is 4.76. The van der Waals surface area contributed by atoms with E-state index in [-0.39, 0.29) is 0 Å². The van der Waals surface area contributed by atoms with Gasteiger partial charge in [0.2, 0.25) is 5.95 Å². The maximum atomic E-state index is 13.3. The van der Waals surface area contributed by atoms with Crippen LogP contribution in [0.3, 0.4) is 0 Å². The Morgan fingerprint density at radius 2 is 1.70 bits per heavy atom. The molecule has 6 heteroatoms. The third kappa shape index (κ3) is 2.85. The molecule has 1 saturated heterocycles. The molecular formula is C17H20FN5. The lowest BCUT2D eigenvalue weighted by molar-refractivity contribution is 0.579. The predicted molar refractivity (Wildman–Crippen MR) is 87.3 cm³/mol. The van der Waals surface area contributed by atoms with Gasteiger partial charge in [-0.2, -0.15) is 4.39 Å². The molecule has 0 unspecified atom stereocenters. The summed E-state index contributed by atoms with van der Waals surface area (Å²) in [6.45, 7) is 3.52. The molecule has 2 aromatic heterocycles. The van der Waals surface area contributed by atoms with Crippen LogP contribution in [0.2, 0.25) is 0 Å². The fourth-order valence-corrected chi connectivity index (χ4v) is 3.54. The molecule has 0 spiro atoms. The van der Waals surface area contributed by atoms with Crippen LogP contribution >= 0.6 is 0 Å². The molecule has 0 amide bonds. The molecule has 2 aromatic rings. The van der Waals surface area contributed by atoms with Gasteiger partial charge in [0.05, 0.1) is 0 Å². The van der Waals surface area contributed by atoms with E-state index < -0.39 is 5.95 Å². The van der Waals surface area contributed by atoms with Crippen LogP contribution in [0.4, 0.5) is 15.9 Å². The van der Waals surface area contributed by atoms with E-state index in [0.717, 1.165) is 50.5 Å². The Hall–Kier alpha value is -2.24. The zero-order chi connectivity index (χ0) is 15.6. The molecule has 3 heterocycles. The molecule has 23 heavy (non-hydrogen) atoms. The molecule has 0 N–H and O–H groups in total. The number of pyridine rings is 1. The standard InChI is InChI=1S/C17H20FN5/c18-16-11-13(5-6-19-16)22-7-9-23(10-8-22)17-14-3-1-2-4-15(14)20-12-21-17/h5-6,11-12H,1-4,7-10H2. The molecule has 1 aliphatic heterocycles. The Bertz CT molecular complexity index is 697. The van der Waals surface area contributed by atoms with Crippen LogP contribution < -0.4 is 9.80 Å². The molecule has 4 rings (SSSR count). The maximum Gasteiger partial charge on any atom is 0.214 e. The highest BCUT2D eigenvalue weighted by molar-refractivity contribution is 5.52. The SMILES string of the molecule is Fc1cc(N2CCN(c3ncnc4c3CCCC4)CC2)ccn1. The molecule has 0 radical (unpaired) electrons. The summed E-state index contributed by atoms with van der Waals surface area (Å²) in [6, 6.07) is 3.37. The first-order chi connectivity index (χ1) is 11.3. The van der Waals surface area contributed by atoms with Crippen LogP contribution in [-0.4, -0.2) is 41.1 Å². The van der Waals surface area contributed by atoms with Crippen molar-refractivity contribution < 1.29 is 4.39 Å². The van der Waals surface area contributed by atoms with Gasteiger partial charge in [-0.25, -0.2) is 15.0 Å². The van der Waals surface area contributed by atoms with Crippen molar-refractivity contribution in [2.45, 2.75) is 25.7 Å². The molecule has 0 atom stereocenters. The molecule has 5 nitrogen and oxygen atoms in total. The average molecular weight is 313 g/mol. The van der Waals surface area contributed by atoms with Crippen LogP contribution in [0.1, 0.15) is 24.1 Å². The van der Waals surface area contributed by atoms with Gasteiger partial charge in [-0.3, -0.25) is 0 Å². The lowest BCUT2D eigenvalue weighted by atomic mass is 9.96. The van der Waals surface area contributed by atoms with E-state index in [1.54, 1.807) is 6.33 Å². The first-order valence-corrected chi connectivity index (χ1v) is 8.25. The molecular weight excluding hydrogens is 293 g/mol. The zero-order valence-electron chi connectivity index (χ0n) is 13.1. The van der Waals surface area contributed by atoms with Crippen molar-refractivity contribution >= 4 is 11.5 Å². The molecule has 1 aliphatic carbocycles. The predicted octanol–water partition coefficient (Wildman–Crippen LogP) is 2.22. The van der Waals surface area contributed by atoms with Gasteiger partial charge < -0.3 is 9.80 Å². The Morgan fingerprint density at radius 3 is 2.52 bits per heavy atom. The summed E-state index contributed by atoms with van der Waals surface area (Å²) in [6.07, 6.45) is 7.83. The minimum absolute atomic E-state index is 0.421. The zero-order valence-corrected chi connectivity index (χ0v) is 13.1. The minimum Gasteiger partial charge on any atom is -0.368 e. The molecule has 0 aromatic carbocycles. The smallest absolute Gasteiger partial charge is 0.214 e. The van der Waals surface area contributed by atoms with E-state index in [1.165, 1.54) is 36.4 Å². The lowest BCUT2D eigenvalue weighted by Gasteiger charge is -2.37. The van der Waals surface area contributed by atoms with Crippen molar-refractivity contribution in [3.8, 4) is 0 Å². The highest BCUT2D eigenvalue weighted by atomic mass is 19.1. The first-order valence-electron chi connectivity index (χ1n) is 8.25. The van der Waals surface area contributed by atoms with Crippen LogP contribution in [0, 0.1) is 5.95 Å². The van der Waals surface area contributed by atoms with Crippen molar-refractivity contribution in [2.75, 3.05) is 36.0 Å². The van der Waals surface area contributed by atoms with E-state index in [9.17, 15) is 4.39 Å². The van der Waals surface area contributed by atoms with Gasteiger partial charge in [-0.1, -0.05) is 0 Å². The molecule has 0 saturated carbocycles. The van der Waals surface area contributed by atoms with Crippen molar-refractivity contribution in [1.29, 1.82) is 0 Å². The molecule has 120 valence electrons. The lowest BCUT2D eigenvalue weighted by Crippen LogP contribution is -2.47. The van der Waals surface area contributed by atoms with Gasteiger partial charge in [-0.05, 0) is 31.7 Å². The number of hydrogen-bond acceptors (Lipinski definition) is 5. The highest BCUT2D eigenvalue weighted by Crippen LogP contribution is 2.28. The summed E-state index contributed by atoms with van der Waals surface area (Å²) in [5.74, 6) is 0.685. The third-order valence-electron chi connectivity index (χ3n) is 4.76. The normalized spacial score (nSPS) is 18.0. The second-order valence-electron chi connectivity index (χ2n) is 6.14. The number of aryl methyl sites for hydroxylation is 1. The fourth-order valence-electron chi connectivity index (χ4n) is 3.54. The fraction of sp³-hybridized carbons (Fsp3) is 0.471. The number of nitrogens with zero attached hydrogens (tertiary/aromatic N) is 5. The number of fused-ring (bicyclic) bond motifs is 1. The molecule has 2 aliphatic rings. The summed E-state index contributed by atoms with van der Waals surface area (Å²) >= 11 is 0. The van der Waals surface area contributed by atoms with E-state index in [2.05, 4.69) is 24.8 Å². The minimum atomic E-state index is -0.421. The van der Waals surface area contributed by atoms with E-state index in [1.807, 2.05) is 6.07 Å². The number of piperazine rings is 1. The number of aromatic nitrogens is 3. The summed E-state index contributed by atoms with van der Waals surface area (Å²) in [7, 11) is 0. The molecule has 1 fully saturated rings. The number of anilines is 2. The first kappa shape index (κ1) is 14.4.